The summed E-state index contributed by atoms with van der Waals surface area (Å²) in [6.07, 6.45) is -1.04. The number of hydrogen-bond acceptors (Lipinski definition) is 12. The predicted molar refractivity (Wildman–Crippen MR) is 148 cm³/mol. The zero-order valence-electron chi connectivity index (χ0n) is 23.4. The summed E-state index contributed by atoms with van der Waals surface area (Å²) < 4.78 is 12.8. The molecule has 2 aromatic rings. The van der Waals surface area contributed by atoms with E-state index >= 15 is 0 Å². The van der Waals surface area contributed by atoms with Crippen LogP contribution in [0.25, 0.3) is 11.0 Å². The average Bonchev–Trinajstić information content (AvgIpc) is 3.57. The van der Waals surface area contributed by atoms with Gasteiger partial charge in [0.2, 0.25) is 11.3 Å². The number of benzene rings is 1. The normalized spacial score (nSPS) is 25.8. The molecule has 0 radical (unpaired) electrons. The van der Waals surface area contributed by atoms with Crippen molar-refractivity contribution in [3.8, 4) is 5.75 Å². The van der Waals surface area contributed by atoms with Crippen LogP contribution in [0.3, 0.4) is 0 Å². The molecule has 1 aromatic carbocycles. The van der Waals surface area contributed by atoms with Gasteiger partial charge in [-0.2, -0.15) is 0 Å². The maximum Gasteiger partial charge on any atom is 0.222 e. The van der Waals surface area contributed by atoms with Gasteiger partial charge in [-0.3, -0.25) is 14.7 Å². The quantitative estimate of drug-likeness (QED) is 0.115. The lowest BCUT2D eigenvalue weighted by atomic mass is 9.85. The second kappa shape index (κ2) is 12.3. The molecule has 1 aromatic heterocycles. The number of aliphatic hydroxyl groups is 6. The highest BCUT2D eigenvalue weighted by atomic mass is 17.2. The third-order valence-electron chi connectivity index (χ3n) is 8.00. The minimum atomic E-state index is -1.81. The maximum atomic E-state index is 13.1. The van der Waals surface area contributed by atoms with Crippen molar-refractivity contribution in [3.05, 3.63) is 57.2 Å². The van der Waals surface area contributed by atoms with E-state index in [0.29, 0.717) is 53.1 Å². The molecule has 7 atom stereocenters. The van der Waals surface area contributed by atoms with Crippen molar-refractivity contribution in [2.45, 2.75) is 69.2 Å². The molecule has 1 unspecified atom stereocenters. The number of quaternary nitrogens is 1. The minimum Gasteiger partial charge on any atom is -0.478 e. The molecule has 0 aliphatic carbocycles. The SMILES string of the molecule is Cc1cc(=O)c2cc3c(c([NH+]4C=C5N=CC=C5C4)c2o1)O[C@](C)(CCCO)[C@H](OOC[C@H](O)[C@@H](O)[C@H](O)[C@H](O)CO)C3. The Morgan fingerprint density at radius 1 is 1.17 bits per heavy atom. The summed E-state index contributed by atoms with van der Waals surface area (Å²) in [6, 6.07) is 3.15. The van der Waals surface area contributed by atoms with Crippen molar-refractivity contribution < 1.29 is 54.5 Å². The Bertz CT molecular complexity index is 1470. The highest BCUT2D eigenvalue weighted by molar-refractivity contribution is 5.90. The van der Waals surface area contributed by atoms with Gasteiger partial charge >= 0.3 is 0 Å². The highest BCUT2D eigenvalue weighted by Gasteiger charge is 2.46. The number of nitrogens with zero attached hydrogens (tertiary/aromatic N) is 1. The van der Waals surface area contributed by atoms with Crippen molar-refractivity contribution >= 4 is 22.9 Å². The molecule has 0 bridgehead atoms. The standard InChI is InChI=1S/C29H36N2O11/c1-15-8-20(34)18-9-17-10-23(42-39-14-22(36)26(38)25(37)21(35)13-33)29(2,5-3-7-32)41-27(17)24(28(18)40-15)31-11-16-4-6-30-19(16)12-31/h4,6,8-9,12,21-23,25-26,32-33,35-38H,3,5,7,10-11,13-14H2,1-2H3/p+1/t21-,22+,23-,25-,26-,29-/m1/s1. The van der Waals surface area contributed by atoms with Gasteiger partial charge in [0.05, 0.1) is 12.0 Å². The van der Waals surface area contributed by atoms with Crippen molar-refractivity contribution in [3.63, 3.8) is 0 Å². The Kier molecular flexibility index (Phi) is 8.94. The van der Waals surface area contributed by atoms with Crippen LogP contribution in [0.5, 0.6) is 5.75 Å². The molecule has 13 heteroatoms. The van der Waals surface area contributed by atoms with E-state index < -0.39 is 49.3 Å². The molecule has 0 saturated carbocycles. The summed E-state index contributed by atoms with van der Waals surface area (Å²) in [5, 5.41) is 58.8. The lowest BCUT2D eigenvalue weighted by Crippen LogP contribution is -3.01. The van der Waals surface area contributed by atoms with Gasteiger partial charge in [0.15, 0.2) is 11.2 Å². The first kappa shape index (κ1) is 30.5. The molecule has 228 valence electrons. The molecule has 5 rings (SSSR count). The first-order valence-electron chi connectivity index (χ1n) is 13.9. The summed E-state index contributed by atoms with van der Waals surface area (Å²) in [5.41, 5.74) is 2.41. The Hall–Kier alpha value is -2.98. The number of ether oxygens (including phenoxy) is 1. The van der Waals surface area contributed by atoms with Gasteiger partial charge in [0, 0.05) is 36.4 Å². The van der Waals surface area contributed by atoms with Crippen LogP contribution in [0.1, 0.15) is 31.1 Å². The maximum absolute atomic E-state index is 13.1. The Balaban J connectivity index is 1.47. The largest absolute Gasteiger partial charge is 0.478 e. The molecule has 0 spiro atoms. The Morgan fingerprint density at radius 2 is 1.93 bits per heavy atom. The van der Waals surface area contributed by atoms with Crippen LogP contribution in [-0.2, 0) is 16.2 Å². The third-order valence-corrected chi connectivity index (χ3v) is 8.00. The van der Waals surface area contributed by atoms with E-state index in [1.807, 2.05) is 19.2 Å². The number of rotatable bonds is 12. The average molecular weight is 590 g/mol. The number of aliphatic hydroxyl groups excluding tert-OH is 6. The Morgan fingerprint density at radius 3 is 2.64 bits per heavy atom. The molecular weight excluding hydrogens is 552 g/mol. The van der Waals surface area contributed by atoms with E-state index in [1.54, 1.807) is 19.2 Å². The zero-order valence-corrected chi connectivity index (χ0v) is 23.4. The predicted octanol–water partition coefficient (Wildman–Crippen LogP) is -1.30. The van der Waals surface area contributed by atoms with E-state index in [4.69, 9.17) is 24.0 Å². The summed E-state index contributed by atoms with van der Waals surface area (Å²) in [4.78, 5) is 29.4. The van der Waals surface area contributed by atoms with Crippen molar-refractivity contribution in [2.75, 3.05) is 26.4 Å². The highest BCUT2D eigenvalue weighted by Crippen LogP contribution is 2.44. The van der Waals surface area contributed by atoms with Crippen LogP contribution in [0.15, 0.2) is 49.9 Å². The van der Waals surface area contributed by atoms with E-state index in [-0.39, 0.29) is 18.5 Å². The van der Waals surface area contributed by atoms with Gasteiger partial charge in [-0.15, -0.1) is 0 Å². The van der Waals surface area contributed by atoms with Crippen molar-refractivity contribution in [1.82, 2.24) is 0 Å². The fraction of sp³-hybridized carbons (Fsp3) is 0.517. The summed E-state index contributed by atoms with van der Waals surface area (Å²) in [7, 11) is 0. The van der Waals surface area contributed by atoms with Gasteiger partial charge in [-0.1, -0.05) is 0 Å². The monoisotopic (exact) mass is 589 g/mol. The first-order valence-corrected chi connectivity index (χ1v) is 13.9. The summed E-state index contributed by atoms with van der Waals surface area (Å²) in [6.45, 7) is 2.64. The molecule has 3 aliphatic heterocycles. The lowest BCUT2D eigenvalue weighted by Gasteiger charge is -2.42. The van der Waals surface area contributed by atoms with Crippen LogP contribution in [0, 0.1) is 6.92 Å². The molecule has 3 aliphatic rings. The molecule has 4 heterocycles. The van der Waals surface area contributed by atoms with E-state index in [0.717, 1.165) is 16.2 Å². The number of fused-ring (bicyclic) bond motifs is 3. The van der Waals surface area contributed by atoms with Crippen molar-refractivity contribution in [2.24, 2.45) is 4.99 Å². The van der Waals surface area contributed by atoms with Crippen LogP contribution < -0.4 is 15.1 Å². The van der Waals surface area contributed by atoms with Crippen molar-refractivity contribution in [1.29, 1.82) is 0 Å². The number of hydrogen-bond donors (Lipinski definition) is 7. The second-order valence-corrected chi connectivity index (χ2v) is 11.2. The zero-order chi connectivity index (χ0) is 30.2. The van der Waals surface area contributed by atoms with Crippen LogP contribution in [-0.4, -0.2) is 99.3 Å². The fourth-order valence-corrected chi connectivity index (χ4v) is 5.59. The molecular formula is C29H37N2O11+. The Labute approximate surface area is 241 Å². The molecule has 0 saturated heterocycles. The van der Waals surface area contributed by atoms with Gasteiger partial charge in [0.25, 0.3) is 0 Å². The fourth-order valence-electron chi connectivity index (χ4n) is 5.59. The van der Waals surface area contributed by atoms with Crippen LogP contribution in [0.2, 0.25) is 0 Å². The van der Waals surface area contributed by atoms with Crippen LogP contribution >= 0.6 is 0 Å². The molecule has 42 heavy (non-hydrogen) atoms. The minimum absolute atomic E-state index is 0.0936. The van der Waals surface area contributed by atoms with Gasteiger partial charge in [0.1, 0.15) is 66.9 Å². The summed E-state index contributed by atoms with van der Waals surface area (Å²) in [5.74, 6) is 0.993. The first-order chi connectivity index (χ1) is 20.1. The van der Waals surface area contributed by atoms with E-state index in [1.165, 1.54) is 6.07 Å². The van der Waals surface area contributed by atoms with Gasteiger partial charge in [-0.25, -0.2) is 9.78 Å². The second-order valence-electron chi connectivity index (χ2n) is 11.2. The smallest absolute Gasteiger partial charge is 0.222 e. The number of aliphatic imine (C=N–C) groups is 1. The van der Waals surface area contributed by atoms with Gasteiger partial charge < -0.3 is 39.8 Å². The van der Waals surface area contributed by atoms with Gasteiger partial charge in [-0.05, 0) is 38.8 Å². The molecule has 7 N–H and O–H groups in total. The number of allylic oxidation sites excluding steroid dienone is 1. The van der Waals surface area contributed by atoms with E-state index in [2.05, 4.69) is 4.99 Å². The third kappa shape index (κ3) is 5.80. The summed E-state index contributed by atoms with van der Waals surface area (Å²) >= 11 is 0. The van der Waals surface area contributed by atoms with Crippen LogP contribution in [0.4, 0.5) is 5.69 Å². The number of nitrogens with one attached hydrogen (secondary N) is 1. The van der Waals surface area contributed by atoms with E-state index in [9.17, 15) is 30.3 Å². The molecule has 0 fully saturated rings. The number of aryl methyl sites for hydroxylation is 1. The molecule has 0 amide bonds. The lowest BCUT2D eigenvalue weighted by molar-refractivity contribution is -0.763. The molecule has 13 nitrogen and oxygen atoms in total. The topological polar surface area (TPSA) is 196 Å².